The second-order valence-electron chi connectivity index (χ2n) is 4.40. The summed E-state index contributed by atoms with van der Waals surface area (Å²) in [6, 6.07) is 14.4. The molecule has 3 N–H and O–H groups in total. The van der Waals surface area contributed by atoms with Crippen molar-refractivity contribution >= 4 is 15.9 Å². The number of nitrogens with two attached hydrogens (primary N) is 1. The molecule has 2 aromatic rings. The van der Waals surface area contributed by atoms with E-state index in [4.69, 9.17) is 10.6 Å². The van der Waals surface area contributed by atoms with Crippen molar-refractivity contribution in [3.63, 3.8) is 0 Å². The van der Waals surface area contributed by atoms with E-state index in [1.165, 1.54) is 6.07 Å². The summed E-state index contributed by atoms with van der Waals surface area (Å²) in [5.41, 5.74) is 3.55. The van der Waals surface area contributed by atoms with Gasteiger partial charge < -0.3 is 4.74 Å². The molecule has 0 saturated heterocycles. The highest BCUT2D eigenvalue weighted by Crippen LogP contribution is 2.21. The predicted molar refractivity (Wildman–Crippen MR) is 80.9 cm³/mol. The van der Waals surface area contributed by atoms with Crippen molar-refractivity contribution in [2.45, 2.75) is 12.5 Å². The van der Waals surface area contributed by atoms with Crippen LogP contribution in [0.1, 0.15) is 5.56 Å². The van der Waals surface area contributed by atoms with Gasteiger partial charge in [0.05, 0.1) is 10.5 Å². The van der Waals surface area contributed by atoms with Crippen LogP contribution in [0.25, 0.3) is 0 Å². The summed E-state index contributed by atoms with van der Waals surface area (Å²) in [5.74, 6) is 6.04. The lowest BCUT2D eigenvalue weighted by molar-refractivity contribution is 0.264. The van der Waals surface area contributed by atoms with Crippen molar-refractivity contribution in [3.8, 4) is 5.75 Å². The molecule has 0 saturated carbocycles. The number of ether oxygens (including phenoxy) is 1. The number of rotatable bonds is 6. The molecule has 20 heavy (non-hydrogen) atoms. The van der Waals surface area contributed by atoms with E-state index in [0.717, 1.165) is 11.3 Å². The van der Waals surface area contributed by atoms with Crippen LogP contribution in [0.3, 0.4) is 0 Å². The van der Waals surface area contributed by atoms with Crippen LogP contribution < -0.4 is 16.0 Å². The number of hydrogen-bond donors (Lipinski definition) is 2. The molecule has 0 spiro atoms. The molecule has 1 atom stereocenters. The third kappa shape index (κ3) is 4.03. The highest BCUT2D eigenvalue weighted by Gasteiger charge is 2.13. The summed E-state index contributed by atoms with van der Waals surface area (Å²) >= 11 is 3.25. The lowest BCUT2D eigenvalue weighted by Gasteiger charge is -2.17. The van der Waals surface area contributed by atoms with Gasteiger partial charge in [0, 0.05) is 0 Å². The molecule has 0 aliphatic rings. The van der Waals surface area contributed by atoms with Gasteiger partial charge in [-0.25, -0.2) is 4.39 Å². The van der Waals surface area contributed by atoms with Crippen LogP contribution in [0.2, 0.25) is 0 Å². The van der Waals surface area contributed by atoms with E-state index in [0.29, 0.717) is 17.5 Å². The first kappa shape index (κ1) is 15.0. The van der Waals surface area contributed by atoms with Gasteiger partial charge in [-0.15, -0.1) is 0 Å². The Kier molecular flexibility index (Phi) is 5.52. The number of hydrazine groups is 1. The van der Waals surface area contributed by atoms with Gasteiger partial charge in [0.25, 0.3) is 0 Å². The number of halogens is 2. The third-order valence-electron chi connectivity index (χ3n) is 2.93. The molecule has 2 rings (SSSR count). The van der Waals surface area contributed by atoms with Crippen LogP contribution in [0.4, 0.5) is 4.39 Å². The van der Waals surface area contributed by atoms with Crippen molar-refractivity contribution in [3.05, 3.63) is 64.4 Å². The van der Waals surface area contributed by atoms with E-state index in [2.05, 4.69) is 21.4 Å². The first-order valence-corrected chi connectivity index (χ1v) is 7.07. The smallest absolute Gasteiger partial charge is 0.137 e. The molecule has 0 amide bonds. The molecule has 0 aliphatic heterocycles. The van der Waals surface area contributed by atoms with Crippen LogP contribution in [-0.2, 0) is 6.42 Å². The fraction of sp³-hybridized carbons (Fsp3) is 0.200. The molecule has 5 heteroatoms. The zero-order valence-corrected chi connectivity index (χ0v) is 12.4. The minimum atomic E-state index is -0.276. The summed E-state index contributed by atoms with van der Waals surface area (Å²) in [6.45, 7) is 0.406. The molecular weight excluding hydrogens is 323 g/mol. The van der Waals surface area contributed by atoms with Gasteiger partial charge >= 0.3 is 0 Å². The molecule has 0 heterocycles. The van der Waals surface area contributed by atoms with Gasteiger partial charge in [-0.1, -0.05) is 30.3 Å². The van der Waals surface area contributed by atoms with E-state index in [1.54, 1.807) is 6.07 Å². The standard InChI is InChI=1S/C15H16BrFN2O/c16-15-11(5-4-8-14(15)17)9-12(19-18)10-20-13-6-2-1-3-7-13/h1-8,12,19H,9-10,18H2. The van der Waals surface area contributed by atoms with E-state index in [9.17, 15) is 4.39 Å². The summed E-state index contributed by atoms with van der Waals surface area (Å²) in [4.78, 5) is 0. The molecule has 106 valence electrons. The summed E-state index contributed by atoms with van der Waals surface area (Å²) in [5, 5.41) is 0. The summed E-state index contributed by atoms with van der Waals surface area (Å²) in [6.07, 6.45) is 0.571. The van der Waals surface area contributed by atoms with Crippen LogP contribution in [0, 0.1) is 5.82 Å². The molecule has 3 nitrogen and oxygen atoms in total. The zero-order valence-electron chi connectivity index (χ0n) is 10.9. The van der Waals surface area contributed by atoms with Crippen molar-refractivity contribution in [2.75, 3.05) is 6.61 Å². The quantitative estimate of drug-likeness (QED) is 0.628. The predicted octanol–water partition coefficient (Wildman–Crippen LogP) is 3.04. The number of nitrogens with one attached hydrogen (secondary N) is 1. The molecule has 1 unspecified atom stereocenters. The van der Waals surface area contributed by atoms with Crippen molar-refractivity contribution in [1.82, 2.24) is 5.43 Å². The Bertz CT molecular complexity index is 551. The second kappa shape index (κ2) is 7.38. The molecule has 0 bridgehead atoms. The molecule has 0 radical (unpaired) electrons. The molecule has 0 aliphatic carbocycles. The normalized spacial score (nSPS) is 12.2. The van der Waals surface area contributed by atoms with Gasteiger partial charge in [0.2, 0.25) is 0 Å². The number of para-hydroxylation sites is 1. The van der Waals surface area contributed by atoms with E-state index in [1.807, 2.05) is 36.4 Å². The number of hydrogen-bond acceptors (Lipinski definition) is 3. The van der Waals surface area contributed by atoms with E-state index < -0.39 is 0 Å². The van der Waals surface area contributed by atoms with Crippen LogP contribution in [0.15, 0.2) is 53.0 Å². The lowest BCUT2D eigenvalue weighted by atomic mass is 10.1. The van der Waals surface area contributed by atoms with Gasteiger partial charge in [0.15, 0.2) is 0 Å². The summed E-state index contributed by atoms with van der Waals surface area (Å²) < 4.78 is 19.6. The Balaban J connectivity index is 1.97. The van der Waals surface area contributed by atoms with Crippen molar-refractivity contribution in [2.24, 2.45) is 5.84 Å². The van der Waals surface area contributed by atoms with Crippen molar-refractivity contribution < 1.29 is 9.13 Å². The maximum absolute atomic E-state index is 13.5. The minimum Gasteiger partial charge on any atom is -0.492 e. The average molecular weight is 339 g/mol. The van der Waals surface area contributed by atoms with Gasteiger partial charge in [-0.2, -0.15) is 0 Å². The SMILES string of the molecule is NNC(COc1ccccc1)Cc1cccc(F)c1Br. The maximum Gasteiger partial charge on any atom is 0.137 e. The van der Waals surface area contributed by atoms with Crippen molar-refractivity contribution in [1.29, 1.82) is 0 Å². The topological polar surface area (TPSA) is 47.3 Å². The highest BCUT2D eigenvalue weighted by atomic mass is 79.9. The first-order valence-electron chi connectivity index (χ1n) is 6.27. The van der Waals surface area contributed by atoms with E-state index >= 15 is 0 Å². The molecule has 0 fully saturated rings. The molecular formula is C15H16BrFN2O. The zero-order chi connectivity index (χ0) is 14.4. The maximum atomic E-state index is 13.5. The first-order chi connectivity index (χ1) is 9.70. The van der Waals surface area contributed by atoms with Gasteiger partial charge in [-0.05, 0) is 46.1 Å². The monoisotopic (exact) mass is 338 g/mol. The Morgan fingerprint density at radius 3 is 2.60 bits per heavy atom. The van der Waals surface area contributed by atoms with E-state index in [-0.39, 0.29) is 11.9 Å². The van der Waals surface area contributed by atoms with Crippen LogP contribution >= 0.6 is 15.9 Å². The Morgan fingerprint density at radius 2 is 1.90 bits per heavy atom. The largest absolute Gasteiger partial charge is 0.492 e. The minimum absolute atomic E-state index is 0.103. The second-order valence-corrected chi connectivity index (χ2v) is 5.20. The van der Waals surface area contributed by atoms with Gasteiger partial charge in [-0.3, -0.25) is 11.3 Å². The molecule has 0 aromatic heterocycles. The van der Waals surface area contributed by atoms with Crippen LogP contribution in [0.5, 0.6) is 5.75 Å². The lowest BCUT2D eigenvalue weighted by Crippen LogP contribution is -2.41. The average Bonchev–Trinajstić information content (AvgIpc) is 2.49. The Morgan fingerprint density at radius 1 is 1.15 bits per heavy atom. The Labute approximate surface area is 126 Å². The molecule has 2 aromatic carbocycles. The fourth-order valence-electron chi connectivity index (χ4n) is 1.85. The summed E-state index contributed by atoms with van der Waals surface area (Å²) in [7, 11) is 0. The Hall–Kier alpha value is -1.43. The van der Waals surface area contributed by atoms with Gasteiger partial charge in [0.1, 0.15) is 18.2 Å². The third-order valence-corrected chi connectivity index (χ3v) is 3.82. The fourth-order valence-corrected chi connectivity index (χ4v) is 2.28. The highest BCUT2D eigenvalue weighted by molar-refractivity contribution is 9.10. The number of benzene rings is 2. The van der Waals surface area contributed by atoms with Crippen LogP contribution in [-0.4, -0.2) is 12.6 Å².